The van der Waals surface area contributed by atoms with Gasteiger partial charge in [-0.05, 0) is 63.4 Å². The summed E-state index contributed by atoms with van der Waals surface area (Å²) in [5.74, 6) is 1.27. The van der Waals surface area contributed by atoms with E-state index in [1.54, 1.807) is 11.1 Å². The van der Waals surface area contributed by atoms with Crippen LogP contribution in [-0.2, 0) is 0 Å². The molecule has 0 aromatic heterocycles. The van der Waals surface area contributed by atoms with Gasteiger partial charge >= 0.3 is 0 Å². The average molecular weight is 356 g/mol. The first-order valence-electron chi connectivity index (χ1n) is 10.6. The normalized spacial score (nSPS) is 33.8. The van der Waals surface area contributed by atoms with Crippen LogP contribution in [0.4, 0.5) is 0 Å². The van der Waals surface area contributed by atoms with Crippen LogP contribution < -0.4 is 5.32 Å². The van der Waals surface area contributed by atoms with Crippen molar-refractivity contribution < 1.29 is 0 Å². The molecule has 0 aromatic rings. The monoisotopic (exact) mass is 355 g/mol. The van der Waals surface area contributed by atoms with E-state index in [4.69, 9.17) is 0 Å². The second-order valence-electron chi connectivity index (χ2n) is 9.47. The van der Waals surface area contributed by atoms with Gasteiger partial charge in [0.15, 0.2) is 0 Å². The fourth-order valence-corrected chi connectivity index (χ4v) is 5.21. The minimum Gasteiger partial charge on any atom is -0.301 e. The Labute approximate surface area is 162 Å². The molecule has 1 heteroatoms. The summed E-state index contributed by atoms with van der Waals surface area (Å²) in [5, 5.41) is 4.05. The Morgan fingerprint density at radius 3 is 2.54 bits per heavy atom. The molecule has 0 bridgehead atoms. The van der Waals surface area contributed by atoms with E-state index in [1.807, 2.05) is 0 Å². The van der Waals surface area contributed by atoms with Crippen molar-refractivity contribution in [3.8, 4) is 0 Å². The Bertz CT molecular complexity index is 610. The maximum Gasteiger partial charge on any atom is 0.0338 e. The molecule has 2 rings (SSSR count). The summed E-state index contributed by atoms with van der Waals surface area (Å²) in [6.45, 7) is 26.8. The Morgan fingerprint density at radius 2 is 2.00 bits per heavy atom. The molecule has 0 saturated carbocycles. The third-order valence-electron chi connectivity index (χ3n) is 7.35. The molecule has 2 aliphatic carbocycles. The van der Waals surface area contributed by atoms with Gasteiger partial charge in [0.05, 0.1) is 0 Å². The zero-order valence-corrected chi connectivity index (χ0v) is 18.2. The second-order valence-corrected chi connectivity index (χ2v) is 9.47. The Balaban J connectivity index is 2.45. The maximum absolute atomic E-state index is 4.53. The number of allylic oxidation sites excluding steroid dienone is 3. The van der Waals surface area contributed by atoms with Gasteiger partial charge in [-0.15, -0.1) is 13.2 Å². The van der Waals surface area contributed by atoms with Crippen molar-refractivity contribution in [2.24, 2.45) is 17.3 Å². The van der Waals surface area contributed by atoms with Crippen LogP contribution in [0.2, 0.25) is 0 Å². The van der Waals surface area contributed by atoms with Gasteiger partial charge in [0, 0.05) is 17.0 Å². The molecule has 2 aliphatic rings. The Morgan fingerprint density at radius 1 is 1.35 bits per heavy atom. The summed E-state index contributed by atoms with van der Waals surface area (Å²) in [4.78, 5) is 0. The van der Waals surface area contributed by atoms with Gasteiger partial charge < -0.3 is 5.32 Å². The van der Waals surface area contributed by atoms with E-state index in [9.17, 15) is 0 Å². The van der Waals surface area contributed by atoms with Gasteiger partial charge in [-0.3, -0.25) is 0 Å². The minimum atomic E-state index is -0.0100. The van der Waals surface area contributed by atoms with Crippen molar-refractivity contribution in [1.29, 1.82) is 0 Å². The fraction of sp³-hybridized carbons (Fsp3) is 0.680. The molecule has 0 radical (unpaired) electrons. The predicted molar refractivity (Wildman–Crippen MR) is 116 cm³/mol. The lowest BCUT2D eigenvalue weighted by Crippen LogP contribution is -2.51. The number of hydrogen-bond donors (Lipinski definition) is 1. The molecule has 1 nitrogen and oxygen atoms in total. The van der Waals surface area contributed by atoms with Crippen LogP contribution in [0, 0.1) is 17.3 Å². The first-order chi connectivity index (χ1) is 12.1. The highest BCUT2D eigenvalue weighted by Gasteiger charge is 2.49. The van der Waals surface area contributed by atoms with E-state index in [0.717, 1.165) is 32.1 Å². The molecule has 26 heavy (non-hydrogen) atoms. The number of rotatable bonds is 8. The topological polar surface area (TPSA) is 12.0 Å². The van der Waals surface area contributed by atoms with Gasteiger partial charge in [0.1, 0.15) is 0 Å². The van der Waals surface area contributed by atoms with Crippen LogP contribution >= 0.6 is 0 Å². The molecule has 0 spiro atoms. The van der Waals surface area contributed by atoms with Gasteiger partial charge in [0.25, 0.3) is 0 Å². The molecular weight excluding hydrogens is 314 g/mol. The highest BCUT2D eigenvalue weighted by molar-refractivity contribution is 5.44. The molecule has 0 saturated heterocycles. The van der Waals surface area contributed by atoms with Crippen molar-refractivity contribution in [3.05, 3.63) is 48.1 Å². The zero-order valence-electron chi connectivity index (χ0n) is 18.2. The molecular formula is C25H41N. The summed E-state index contributed by atoms with van der Waals surface area (Å²) >= 11 is 0. The molecule has 5 unspecified atom stereocenters. The zero-order chi connectivity index (χ0) is 19.7. The van der Waals surface area contributed by atoms with Crippen LogP contribution in [-0.4, -0.2) is 11.6 Å². The lowest BCUT2D eigenvalue weighted by molar-refractivity contribution is 0.276. The number of hydrogen-bond acceptors (Lipinski definition) is 1. The Hall–Kier alpha value is -1.08. The molecule has 5 atom stereocenters. The van der Waals surface area contributed by atoms with Crippen molar-refractivity contribution in [3.63, 3.8) is 0 Å². The SMILES string of the molecule is C=CC(C)(CCC)NC1C2=C(CCC(=C)C2(C)CCC(=C)C)C(C)C1C. The van der Waals surface area contributed by atoms with E-state index in [2.05, 4.69) is 72.7 Å². The first kappa shape index (κ1) is 21.2. The van der Waals surface area contributed by atoms with Gasteiger partial charge in [-0.2, -0.15) is 0 Å². The average Bonchev–Trinajstić information content (AvgIpc) is 2.82. The molecule has 0 aliphatic heterocycles. The fourth-order valence-electron chi connectivity index (χ4n) is 5.21. The van der Waals surface area contributed by atoms with E-state index in [-0.39, 0.29) is 11.0 Å². The summed E-state index contributed by atoms with van der Waals surface area (Å²) < 4.78 is 0. The molecule has 146 valence electrons. The lowest BCUT2D eigenvalue weighted by atomic mass is 9.64. The van der Waals surface area contributed by atoms with E-state index < -0.39 is 0 Å². The van der Waals surface area contributed by atoms with Crippen LogP contribution in [0.5, 0.6) is 0 Å². The van der Waals surface area contributed by atoms with Crippen molar-refractivity contribution in [2.75, 3.05) is 0 Å². The summed E-state index contributed by atoms with van der Waals surface area (Å²) in [6, 6.07) is 0.418. The van der Waals surface area contributed by atoms with Crippen molar-refractivity contribution in [2.45, 2.75) is 91.6 Å². The van der Waals surface area contributed by atoms with Crippen LogP contribution in [0.15, 0.2) is 48.1 Å². The van der Waals surface area contributed by atoms with Gasteiger partial charge in [0.2, 0.25) is 0 Å². The maximum atomic E-state index is 4.53. The van der Waals surface area contributed by atoms with E-state index in [1.165, 1.54) is 17.6 Å². The number of nitrogens with one attached hydrogen (secondary N) is 1. The van der Waals surface area contributed by atoms with Crippen molar-refractivity contribution in [1.82, 2.24) is 5.32 Å². The molecule has 0 heterocycles. The smallest absolute Gasteiger partial charge is 0.0338 e. The van der Waals surface area contributed by atoms with Crippen molar-refractivity contribution >= 4 is 0 Å². The van der Waals surface area contributed by atoms with Crippen LogP contribution in [0.1, 0.15) is 80.1 Å². The standard InChI is InChI=1S/C25H41N/c1-10-15-24(8,11-2)26-23-20(7)19(6)21-13-12-18(5)25(9,22(21)23)16-14-17(3)4/h11,19-20,23,26H,2-3,5,10,12-16H2,1,4,6-9H3. The molecule has 0 amide bonds. The minimum absolute atomic E-state index is 0.0100. The Kier molecular flexibility index (Phi) is 6.44. The third-order valence-corrected chi connectivity index (χ3v) is 7.35. The van der Waals surface area contributed by atoms with Gasteiger partial charge in [-0.1, -0.05) is 63.5 Å². The highest BCUT2D eigenvalue weighted by Crippen LogP contribution is 2.56. The largest absolute Gasteiger partial charge is 0.301 e. The van der Waals surface area contributed by atoms with Crippen LogP contribution in [0.25, 0.3) is 0 Å². The summed E-state index contributed by atoms with van der Waals surface area (Å²) in [6.07, 6.45) is 8.96. The summed E-state index contributed by atoms with van der Waals surface area (Å²) in [7, 11) is 0. The van der Waals surface area contributed by atoms with Crippen LogP contribution in [0.3, 0.4) is 0 Å². The lowest BCUT2D eigenvalue weighted by Gasteiger charge is -2.44. The predicted octanol–water partition coefficient (Wildman–Crippen LogP) is 6.98. The quantitative estimate of drug-likeness (QED) is 0.463. The van der Waals surface area contributed by atoms with Gasteiger partial charge in [-0.25, -0.2) is 0 Å². The first-order valence-corrected chi connectivity index (χ1v) is 10.6. The molecule has 0 aromatic carbocycles. The third kappa shape index (κ3) is 3.79. The highest BCUT2D eigenvalue weighted by atomic mass is 15.0. The summed E-state index contributed by atoms with van der Waals surface area (Å²) in [5.41, 5.74) is 6.13. The second kappa shape index (κ2) is 7.89. The molecule has 1 N–H and O–H groups in total. The molecule has 0 fully saturated rings. The van der Waals surface area contributed by atoms with E-state index in [0.29, 0.717) is 17.9 Å². The van der Waals surface area contributed by atoms with E-state index >= 15 is 0 Å².